The largest absolute Gasteiger partial charge is 0.0812 e. The van der Waals surface area contributed by atoms with Crippen molar-refractivity contribution in [2.75, 3.05) is 0 Å². The van der Waals surface area contributed by atoms with Crippen molar-refractivity contribution in [2.45, 2.75) is 33.6 Å². The molecule has 0 spiro atoms. The Kier molecular flexibility index (Phi) is 2.70. The maximum Gasteiger partial charge on any atom is -0.0136 e. The molecular weight excluding hydrogens is 132 g/mol. The third-order valence-corrected chi connectivity index (χ3v) is 1.99. The Morgan fingerprint density at radius 3 is 2.27 bits per heavy atom. The van der Waals surface area contributed by atoms with E-state index in [0.717, 1.165) is 12.8 Å². The van der Waals surface area contributed by atoms with E-state index in [1.54, 1.807) is 0 Å². The summed E-state index contributed by atoms with van der Waals surface area (Å²) in [5.41, 5.74) is 4.34. The number of hydrogen-bond acceptors (Lipinski definition) is 0. The SMILES string of the molecule is CC1=CCC(C)=CCC(C)=C1. The van der Waals surface area contributed by atoms with Gasteiger partial charge in [0.15, 0.2) is 0 Å². The van der Waals surface area contributed by atoms with Crippen LogP contribution in [0.25, 0.3) is 0 Å². The van der Waals surface area contributed by atoms with E-state index in [4.69, 9.17) is 0 Å². The summed E-state index contributed by atoms with van der Waals surface area (Å²) in [6.45, 7) is 6.55. The second-order valence-corrected chi connectivity index (χ2v) is 3.40. The lowest BCUT2D eigenvalue weighted by Crippen LogP contribution is -1.83. The first-order valence-electron chi connectivity index (χ1n) is 4.18. The highest BCUT2D eigenvalue weighted by atomic mass is 14.0. The molecule has 0 heterocycles. The van der Waals surface area contributed by atoms with E-state index < -0.39 is 0 Å². The maximum absolute atomic E-state index is 2.31. The molecule has 0 saturated heterocycles. The maximum atomic E-state index is 2.31. The molecule has 0 saturated carbocycles. The van der Waals surface area contributed by atoms with Crippen LogP contribution in [-0.4, -0.2) is 0 Å². The van der Waals surface area contributed by atoms with Gasteiger partial charge in [-0.1, -0.05) is 34.9 Å². The minimum Gasteiger partial charge on any atom is -0.0812 e. The summed E-state index contributed by atoms with van der Waals surface area (Å²) < 4.78 is 0. The van der Waals surface area contributed by atoms with Crippen LogP contribution in [0, 0.1) is 0 Å². The molecule has 0 amide bonds. The van der Waals surface area contributed by atoms with Gasteiger partial charge in [0.05, 0.1) is 0 Å². The average molecular weight is 148 g/mol. The average Bonchev–Trinajstić information content (AvgIpc) is 1.95. The Hall–Kier alpha value is -0.780. The zero-order valence-corrected chi connectivity index (χ0v) is 7.65. The third-order valence-electron chi connectivity index (χ3n) is 1.99. The standard InChI is InChI=1S/C11H16/c1-9-4-6-10(2)8-11(3)7-5-9/h4,7-8H,5-6H2,1-3H3. The zero-order chi connectivity index (χ0) is 8.27. The quantitative estimate of drug-likeness (QED) is 0.460. The minimum absolute atomic E-state index is 1.12. The van der Waals surface area contributed by atoms with Crippen molar-refractivity contribution in [3.63, 3.8) is 0 Å². The van der Waals surface area contributed by atoms with Crippen molar-refractivity contribution < 1.29 is 0 Å². The molecule has 1 aliphatic carbocycles. The Labute approximate surface area is 69.3 Å². The van der Waals surface area contributed by atoms with Crippen LogP contribution in [0.1, 0.15) is 33.6 Å². The summed E-state index contributed by atoms with van der Waals surface area (Å²) in [5, 5.41) is 0. The number of allylic oxidation sites excluding steroid dienone is 6. The van der Waals surface area contributed by atoms with Gasteiger partial charge in [-0.15, -0.1) is 0 Å². The Morgan fingerprint density at radius 1 is 0.909 bits per heavy atom. The van der Waals surface area contributed by atoms with E-state index in [1.807, 2.05) is 0 Å². The molecule has 0 bridgehead atoms. The van der Waals surface area contributed by atoms with Crippen LogP contribution in [0.3, 0.4) is 0 Å². The lowest BCUT2D eigenvalue weighted by atomic mass is 10.0. The number of hydrogen-bond donors (Lipinski definition) is 0. The summed E-state index contributed by atoms with van der Waals surface area (Å²) >= 11 is 0. The molecule has 1 aliphatic rings. The smallest absolute Gasteiger partial charge is 0.0136 e. The summed E-state index contributed by atoms with van der Waals surface area (Å²) in [4.78, 5) is 0. The predicted octanol–water partition coefficient (Wildman–Crippen LogP) is 3.62. The second-order valence-electron chi connectivity index (χ2n) is 3.40. The first-order chi connectivity index (χ1) is 5.18. The Bertz CT molecular complexity index is 226. The van der Waals surface area contributed by atoms with Gasteiger partial charge in [0.1, 0.15) is 0 Å². The molecule has 11 heavy (non-hydrogen) atoms. The van der Waals surface area contributed by atoms with Crippen molar-refractivity contribution >= 4 is 0 Å². The van der Waals surface area contributed by atoms with Crippen LogP contribution in [0.15, 0.2) is 34.9 Å². The molecule has 0 atom stereocenters. The summed E-state index contributed by atoms with van der Waals surface area (Å²) in [6.07, 6.45) is 9.11. The molecular formula is C11H16. The van der Waals surface area contributed by atoms with E-state index in [1.165, 1.54) is 16.7 Å². The highest BCUT2D eigenvalue weighted by Gasteiger charge is 1.94. The fourth-order valence-electron chi connectivity index (χ4n) is 1.25. The third kappa shape index (κ3) is 2.75. The van der Waals surface area contributed by atoms with Gasteiger partial charge in [0.25, 0.3) is 0 Å². The summed E-state index contributed by atoms with van der Waals surface area (Å²) in [7, 11) is 0. The molecule has 0 aliphatic heterocycles. The summed E-state index contributed by atoms with van der Waals surface area (Å²) in [6, 6.07) is 0. The molecule has 0 aromatic carbocycles. The molecule has 0 nitrogen and oxygen atoms in total. The van der Waals surface area contributed by atoms with E-state index in [-0.39, 0.29) is 0 Å². The van der Waals surface area contributed by atoms with Gasteiger partial charge in [-0.3, -0.25) is 0 Å². The van der Waals surface area contributed by atoms with Gasteiger partial charge >= 0.3 is 0 Å². The van der Waals surface area contributed by atoms with Crippen molar-refractivity contribution in [3.05, 3.63) is 34.9 Å². The highest BCUT2D eigenvalue weighted by molar-refractivity contribution is 5.26. The first kappa shape index (κ1) is 8.32. The van der Waals surface area contributed by atoms with Crippen LogP contribution in [0.5, 0.6) is 0 Å². The fraction of sp³-hybridized carbons (Fsp3) is 0.455. The van der Waals surface area contributed by atoms with Gasteiger partial charge in [-0.05, 0) is 33.6 Å². The lowest BCUT2D eigenvalue weighted by molar-refractivity contribution is 1.09. The molecule has 0 fully saturated rings. The van der Waals surface area contributed by atoms with Crippen LogP contribution in [0.2, 0.25) is 0 Å². The second kappa shape index (κ2) is 3.56. The molecule has 60 valence electrons. The molecule has 0 aromatic rings. The van der Waals surface area contributed by atoms with Gasteiger partial charge in [0, 0.05) is 0 Å². The highest BCUT2D eigenvalue weighted by Crippen LogP contribution is 2.15. The summed E-state index contributed by atoms with van der Waals surface area (Å²) in [5.74, 6) is 0. The van der Waals surface area contributed by atoms with Crippen molar-refractivity contribution in [1.29, 1.82) is 0 Å². The molecule has 0 unspecified atom stereocenters. The first-order valence-corrected chi connectivity index (χ1v) is 4.18. The zero-order valence-electron chi connectivity index (χ0n) is 7.65. The van der Waals surface area contributed by atoms with Gasteiger partial charge in [-0.25, -0.2) is 0 Å². The van der Waals surface area contributed by atoms with Crippen LogP contribution < -0.4 is 0 Å². The molecule has 1 rings (SSSR count). The van der Waals surface area contributed by atoms with Gasteiger partial charge < -0.3 is 0 Å². The van der Waals surface area contributed by atoms with E-state index in [0.29, 0.717) is 0 Å². The molecule has 0 radical (unpaired) electrons. The van der Waals surface area contributed by atoms with Crippen LogP contribution in [-0.2, 0) is 0 Å². The minimum atomic E-state index is 1.12. The van der Waals surface area contributed by atoms with Crippen molar-refractivity contribution in [3.8, 4) is 0 Å². The Morgan fingerprint density at radius 2 is 1.55 bits per heavy atom. The Balaban J connectivity index is 2.83. The fourth-order valence-corrected chi connectivity index (χ4v) is 1.25. The predicted molar refractivity (Wildman–Crippen MR) is 50.5 cm³/mol. The molecule has 0 N–H and O–H groups in total. The molecule has 0 heteroatoms. The van der Waals surface area contributed by atoms with E-state index in [9.17, 15) is 0 Å². The van der Waals surface area contributed by atoms with Gasteiger partial charge in [-0.2, -0.15) is 0 Å². The van der Waals surface area contributed by atoms with E-state index >= 15 is 0 Å². The van der Waals surface area contributed by atoms with Crippen molar-refractivity contribution in [1.82, 2.24) is 0 Å². The van der Waals surface area contributed by atoms with Gasteiger partial charge in [0.2, 0.25) is 0 Å². The topological polar surface area (TPSA) is 0 Å². The normalized spacial score (nSPS) is 19.4. The van der Waals surface area contributed by atoms with Crippen LogP contribution in [0.4, 0.5) is 0 Å². The van der Waals surface area contributed by atoms with E-state index in [2.05, 4.69) is 39.0 Å². The molecule has 0 aromatic heterocycles. The van der Waals surface area contributed by atoms with Crippen molar-refractivity contribution in [2.24, 2.45) is 0 Å². The lowest BCUT2D eigenvalue weighted by Gasteiger charge is -2.04. The number of rotatable bonds is 0. The monoisotopic (exact) mass is 148 g/mol. The van der Waals surface area contributed by atoms with Crippen LogP contribution >= 0.6 is 0 Å².